The second-order valence-corrected chi connectivity index (χ2v) is 17.2. The average molecular weight is 1020 g/mol. The number of piperidine rings is 1. The number of rotatable bonds is 24. The van der Waals surface area contributed by atoms with Crippen molar-refractivity contribution in [2.24, 2.45) is 5.73 Å². The second-order valence-electron chi connectivity index (χ2n) is 17.2. The minimum Gasteiger partial charge on any atom is -0.504 e. The first-order valence-electron chi connectivity index (χ1n) is 22.7. The number of nitrogens with zero attached hydrogens (tertiary/aromatic N) is 2. The zero-order chi connectivity index (χ0) is 53.7. The van der Waals surface area contributed by atoms with Crippen LogP contribution in [0.1, 0.15) is 78.2 Å². The van der Waals surface area contributed by atoms with E-state index in [1.54, 1.807) is 0 Å². The number of phenolic OH excluding ortho intramolecular Hbond substituents is 1. The molecule has 8 amide bonds. The molecular weight excluding hydrogens is 959 g/mol. The zero-order valence-corrected chi connectivity index (χ0v) is 39.3. The van der Waals surface area contributed by atoms with Crippen molar-refractivity contribution in [2.45, 2.75) is 127 Å². The standard InChI is InChI=1S/C43H59N11O18/c1-18(35(61)50-23-8-6-14-53(72)41(23)67)47-39(65)31(20(3)55)51-36(62)19(2)48-40(66)32(33(60)43(70)71)52-37(63)22(44)7-4-5-12-46-38(64)25-11-13-45-34-24(49-30(59)10-9-27(56)42(68)69)15-21-16-28(57)29(58)17-26(21)54(25)34/h15-20,22-23,25,31-33,45,55,57,60,72H,4-14,44H2,1-3H3,(H,46,64)(H,47,65)(H,48,66)(H,49,59)(H,50,61)(H,51,62)(H,52,63)(H,68,69)(H,70,71). The highest BCUT2D eigenvalue weighted by atomic mass is 16.5. The molecule has 4 rings (SSSR count). The number of nitrogens with one attached hydrogen (secondary N) is 8. The number of hydrogen-bond acceptors (Lipinski definition) is 18. The Balaban J connectivity index is 1.31. The maximum atomic E-state index is 13.7. The van der Waals surface area contributed by atoms with Crippen LogP contribution in [0.2, 0.25) is 0 Å². The highest BCUT2D eigenvalue weighted by molar-refractivity contribution is 6.33. The summed E-state index contributed by atoms with van der Waals surface area (Å²) in [7, 11) is 0. The Bertz CT molecular complexity index is 2460. The number of carbonyl (C=O) groups is 11. The Morgan fingerprint density at radius 1 is 0.806 bits per heavy atom. The van der Waals surface area contributed by atoms with Gasteiger partial charge in [-0.05, 0) is 71.4 Å². The Hall–Kier alpha value is -7.76. The molecule has 0 spiro atoms. The van der Waals surface area contributed by atoms with Crippen LogP contribution < -0.4 is 53.7 Å². The van der Waals surface area contributed by atoms with E-state index in [1.807, 2.05) is 0 Å². The number of hydroxylamine groups is 2. The van der Waals surface area contributed by atoms with Gasteiger partial charge in [0.15, 0.2) is 11.9 Å². The molecule has 1 aliphatic carbocycles. The molecule has 4 aliphatic rings. The van der Waals surface area contributed by atoms with Gasteiger partial charge in [-0.2, -0.15) is 0 Å². The number of pyridine rings is 1. The van der Waals surface area contributed by atoms with Gasteiger partial charge >= 0.3 is 11.9 Å². The summed E-state index contributed by atoms with van der Waals surface area (Å²) < 4.78 is 1.45. The summed E-state index contributed by atoms with van der Waals surface area (Å²) in [5, 5.41) is 78.7. The normalized spacial score (nSPS) is 18.2. The topological polar surface area (TPSA) is 457 Å². The summed E-state index contributed by atoms with van der Waals surface area (Å²) in [6, 6.07) is -6.59. The number of Topliss-reactive ketones (excluding diaryl/α,β-unsaturated/α-hetero) is 1. The van der Waals surface area contributed by atoms with Gasteiger partial charge in [-0.3, -0.25) is 53.2 Å². The number of anilines is 2. The Kier molecular flexibility index (Phi) is 20.0. The number of carbonyl (C=O) groups excluding carboxylic acids is 9. The van der Waals surface area contributed by atoms with E-state index < -0.39 is 144 Å². The van der Waals surface area contributed by atoms with Crippen LogP contribution in [-0.4, -0.2) is 173 Å². The molecule has 1 saturated heterocycles. The lowest BCUT2D eigenvalue weighted by atomic mass is 10.0. The number of amides is 8. The number of carboxylic acid groups (broad SMARTS) is 2. The molecule has 72 heavy (non-hydrogen) atoms. The fourth-order valence-corrected chi connectivity index (χ4v) is 7.57. The van der Waals surface area contributed by atoms with Gasteiger partial charge < -0.3 is 78.4 Å². The molecule has 0 saturated carbocycles. The number of carboxylic acids is 2. The molecule has 29 heteroatoms. The van der Waals surface area contributed by atoms with Crippen LogP contribution in [0.15, 0.2) is 23.0 Å². The van der Waals surface area contributed by atoms with Gasteiger partial charge in [0.2, 0.25) is 52.6 Å². The summed E-state index contributed by atoms with van der Waals surface area (Å²) >= 11 is 0. The van der Waals surface area contributed by atoms with E-state index in [1.165, 1.54) is 17.6 Å². The number of ketones is 1. The third kappa shape index (κ3) is 14.9. The van der Waals surface area contributed by atoms with Crippen LogP contribution in [0, 0.1) is 0 Å². The van der Waals surface area contributed by atoms with E-state index in [2.05, 4.69) is 42.5 Å². The second kappa shape index (κ2) is 25.4. The number of aliphatic hydroxyl groups excluding tert-OH is 2. The third-order valence-corrected chi connectivity index (χ3v) is 11.6. The van der Waals surface area contributed by atoms with Gasteiger partial charge in [0.25, 0.3) is 5.91 Å². The molecular formula is C43H59N11O18. The quantitative estimate of drug-likeness (QED) is 0.0267. The van der Waals surface area contributed by atoms with Gasteiger partial charge in [0.1, 0.15) is 42.1 Å². The van der Waals surface area contributed by atoms with Crippen molar-refractivity contribution >= 4 is 76.5 Å². The number of fused-ring (bicyclic) bond motifs is 3. The van der Waals surface area contributed by atoms with E-state index in [-0.39, 0.29) is 74.5 Å². The van der Waals surface area contributed by atoms with E-state index >= 15 is 0 Å². The molecule has 3 aliphatic heterocycles. The number of nitrogens with two attached hydrogens (primary N) is 1. The van der Waals surface area contributed by atoms with Gasteiger partial charge in [-0.15, -0.1) is 0 Å². The maximum Gasteiger partial charge on any atom is 0.372 e. The van der Waals surface area contributed by atoms with E-state index in [0.29, 0.717) is 11.5 Å². The maximum absolute atomic E-state index is 13.7. The molecule has 394 valence electrons. The largest absolute Gasteiger partial charge is 0.504 e. The van der Waals surface area contributed by atoms with Crippen molar-refractivity contribution in [2.75, 3.05) is 30.3 Å². The number of unbranched alkanes of at least 4 members (excludes halogenated alkanes) is 1. The minimum absolute atomic E-state index is 0.0220. The minimum atomic E-state index is -2.55. The van der Waals surface area contributed by atoms with E-state index in [0.717, 1.165) is 26.0 Å². The molecule has 3 heterocycles. The van der Waals surface area contributed by atoms with Crippen molar-refractivity contribution in [3.05, 3.63) is 28.4 Å². The molecule has 16 N–H and O–H groups in total. The number of aromatic hydroxyl groups is 1. The number of hydrogen-bond donors (Lipinski definition) is 15. The predicted molar refractivity (Wildman–Crippen MR) is 246 cm³/mol. The molecule has 0 bridgehead atoms. The fraction of sp³-hybridized carbons (Fsp3) is 0.535. The van der Waals surface area contributed by atoms with Crippen molar-refractivity contribution in [3.63, 3.8) is 0 Å². The van der Waals surface area contributed by atoms with Crippen molar-refractivity contribution in [1.29, 1.82) is 0 Å². The van der Waals surface area contributed by atoms with Crippen LogP contribution in [0.25, 0.3) is 11.3 Å². The van der Waals surface area contributed by atoms with Crippen molar-refractivity contribution in [3.8, 4) is 17.0 Å². The highest BCUT2D eigenvalue weighted by Gasteiger charge is 2.38. The SMILES string of the molecule is CC(NC(=O)C(NC(=O)C(C)NC(=O)C(NC(=O)C(N)CCCCNC(=O)C1CCNc2c(NC(=O)CCC(=O)C(=O)O)cc3cc(O)c(=O)cc-3n21)C(O)C(=O)O)C(C)O)C(=O)NC1CCCN(O)C1=O. The smallest absolute Gasteiger partial charge is 0.372 e. The van der Waals surface area contributed by atoms with Crippen LogP contribution in [0.3, 0.4) is 0 Å². The molecule has 0 aromatic heterocycles. The fourth-order valence-electron chi connectivity index (χ4n) is 7.57. The van der Waals surface area contributed by atoms with Crippen molar-refractivity contribution in [1.82, 2.24) is 41.5 Å². The van der Waals surface area contributed by atoms with Gasteiger partial charge in [0.05, 0.1) is 23.5 Å². The van der Waals surface area contributed by atoms with Gasteiger partial charge in [-0.1, -0.05) is 0 Å². The first kappa shape index (κ1) is 56.8. The zero-order valence-electron chi connectivity index (χ0n) is 39.3. The lowest BCUT2D eigenvalue weighted by Crippen LogP contribution is -2.62. The number of aliphatic carboxylic acids is 2. The summed E-state index contributed by atoms with van der Waals surface area (Å²) in [6.45, 7) is 3.79. The predicted octanol–water partition coefficient (Wildman–Crippen LogP) is -4.70. The Morgan fingerprint density at radius 2 is 1.44 bits per heavy atom. The highest BCUT2D eigenvalue weighted by Crippen LogP contribution is 2.39. The van der Waals surface area contributed by atoms with E-state index in [9.17, 15) is 83.2 Å². The lowest BCUT2D eigenvalue weighted by Gasteiger charge is -2.34. The molecule has 0 radical (unpaired) electrons. The Labute approximate surface area is 408 Å². The van der Waals surface area contributed by atoms with Crippen LogP contribution >= 0.6 is 0 Å². The molecule has 0 aromatic carbocycles. The van der Waals surface area contributed by atoms with Gasteiger partial charge in [0, 0.05) is 44.1 Å². The van der Waals surface area contributed by atoms with Crippen LogP contribution in [0.5, 0.6) is 5.75 Å². The summed E-state index contributed by atoms with van der Waals surface area (Å²) in [6.07, 6.45) is -4.09. The van der Waals surface area contributed by atoms with Crippen LogP contribution in [0.4, 0.5) is 11.5 Å². The number of phenols is 1. The van der Waals surface area contributed by atoms with Gasteiger partial charge in [-0.25, -0.2) is 14.7 Å². The monoisotopic (exact) mass is 1020 g/mol. The number of aromatic nitrogens is 1. The summed E-state index contributed by atoms with van der Waals surface area (Å²) in [4.78, 5) is 150. The van der Waals surface area contributed by atoms with Crippen molar-refractivity contribution < 1.29 is 83.5 Å². The number of aliphatic hydroxyl groups is 2. The molecule has 0 aromatic rings. The molecule has 9 atom stereocenters. The first-order chi connectivity index (χ1) is 33.8. The lowest BCUT2D eigenvalue weighted by molar-refractivity contribution is -0.173. The summed E-state index contributed by atoms with van der Waals surface area (Å²) in [5.74, 6) is -12.7. The van der Waals surface area contributed by atoms with Crippen LogP contribution in [-0.2, 0) is 52.7 Å². The molecule has 1 fully saturated rings. The molecule has 9 unspecified atom stereocenters. The Morgan fingerprint density at radius 3 is 2.08 bits per heavy atom. The average Bonchev–Trinajstić information content (AvgIpc) is 3.32. The van der Waals surface area contributed by atoms with E-state index in [4.69, 9.17) is 10.8 Å². The summed E-state index contributed by atoms with van der Waals surface area (Å²) in [5.41, 5.74) is 5.84. The third-order valence-electron chi connectivity index (χ3n) is 11.6. The first-order valence-corrected chi connectivity index (χ1v) is 22.7. The molecule has 29 nitrogen and oxygen atoms in total. The number of benzene rings is 1.